The zero-order chi connectivity index (χ0) is 5.54. The summed E-state index contributed by atoms with van der Waals surface area (Å²) in [6.07, 6.45) is 4.70. The van der Waals surface area contributed by atoms with Crippen LogP contribution >= 0.6 is 0 Å². The molecule has 0 fully saturated rings. The summed E-state index contributed by atoms with van der Waals surface area (Å²) in [5, 5.41) is 0. The Balaban J connectivity index is 2.60. The fourth-order valence-electron chi connectivity index (χ4n) is 0.477. The molecule has 0 rings (SSSR count). The average molecular weight is 94.0 g/mol. The first-order valence-electron chi connectivity index (χ1n) is 2.85. The van der Waals surface area contributed by atoms with E-state index in [1.54, 1.807) is 0 Å². The van der Waals surface area contributed by atoms with Gasteiger partial charge in [0.25, 0.3) is 0 Å². The zero-order valence-corrected chi connectivity index (χ0v) is 4.91. The summed E-state index contributed by atoms with van der Waals surface area (Å²) in [5.41, 5.74) is 0. The Hall–Kier alpha value is -0.155. The molecule has 0 aliphatic carbocycles. The molecule has 7 heavy (non-hydrogen) atoms. The standard InChI is InChI=1S/C6H11B/c1-2-3-4-5-6-7/h2-5H2,1H3. The Bertz CT molecular complexity index is 61.1. The fourth-order valence-corrected chi connectivity index (χ4v) is 0.477. The van der Waals surface area contributed by atoms with Crippen LogP contribution in [0.4, 0.5) is 0 Å². The van der Waals surface area contributed by atoms with E-state index in [0.717, 1.165) is 6.42 Å². The Kier molecular flexibility index (Phi) is 5.72. The van der Waals surface area contributed by atoms with Gasteiger partial charge in [-0.3, -0.25) is 0 Å². The van der Waals surface area contributed by atoms with Crippen LogP contribution in [-0.2, 0) is 0 Å². The van der Waals surface area contributed by atoms with Crippen molar-refractivity contribution in [3.8, 4) is 5.80 Å². The normalized spacial score (nSPS) is 8.43. The number of hydrogen-bond donors (Lipinski definition) is 0. The van der Waals surface area contributed by atoms with Gasteiger partial charge >= 0.3 is 45.7 Å². The average Bonchev–Trinajstić information content (AvgIpc) is 1.69. The van der Waals surface area contributed by atoms with Crippen molar-refractivity contribution in [2.24, 2.45) is 0 Å². The summed E-state index contributed by atoms with van der Waals surface area (Å²) in [4.78, 5) is 0. The quantitative estimate of drug-likeness (QED) is 0.368. The molecule has 0 radical (unpaired) electrons. The molecule has 0 nitrogen and oxygen atoms in total. The van der Waals surface area contributed by atoms with Crippen LogP contribution < -0.4 is 0 Å². The molecule has 0 aliphatic heterocycles. The van der Waals surface area contributed by atoms with E-state index < -0.39 is 0 Å². The van der Waals surface area contributed by atoms with Crippen LogP contribution in [-0.4, -0.2) is 7.33 Å². The first-order valence-corrected chi connectivity index (χ1v) is 2.85. The third-order valence-electron chi connectivity index (χ3n) is 0.925. The monoisotopic (exact) mass is 94.1 g/mol. The van der Waals surface area contributed by atoms with E-state index in [9.17, 15) is 0 Å². The molecular weight excluding hydrogens is 82.9 g/mol. The second-order valence-electron chi connectivity index (χ2n) is 1.66. The predicted octanol–water partition coefficient (Wildman–Crippen LogP) is 1.69. The van der Waals surface area contributed by atoms with Gasteiger partial charge in [0.15, 0.2) is 0 Å². The molecule has 0 saturated carbocycles. The van der Waals surface area contributed by atoms with Gasteiger partial charge in [0, 0.05) is 0 Å². The molecule has 0 unspecified atom stereocenters. The predicted molar refractivity (Wildman–Crippen MR) is 33.8 cm³/mol. The molecule has 1 heteroatoms. The van der Waals surface area contributed by atoms with E-state index in [4.69, 9.17) is 7.33 Å². The van der Waals surface area contributed by atoms with E-state index >= 15 is 0 Å². The molecule has 0 aromatic carbocycles. The van der Waals surface area contributed by atoms with Crippen LogP contribution in [0.25, 0.3) is 0 Å². The van der Waals surface area contributed by atoms with Crippen LogP contribution in [0.2, 0.25) is 0 Å². The maximum absolute atomic E-state index is 5.02. The summed E-state index contributed by atoms with van der Waals surface area (Å²) in [7, 11) is 5.02. The van der Waals surface area contributed by atoms with Gasteiger partial charge < -0.3 is 0 Å². The summed E-state index contributed by atoms with van der Waals surface area (Å²) in [6, 6.07) is 0. The van der Waals surface area contributed by atoms with Gasteiger partial charge in [-0.1, -0.05) is 0 Å². The summed E-state index contributed by atoms with van der Waals surface area (Å²) in [6.45, 7) is 2.18. The number of unbranched alkanes of at least 4 members (excludes halogenated alkanes) is 3. The number of rotatable bonds is 3. The first-order chi connectivity index (χ1) is 3.41. The van der Waals surface area contributed by atoms with Gasteiger partial charge in [-0.25, -0.2) is 0 Å². The van der Waals surface area contributed by atoms with Crippen molar-refractivity contribution in [3.63, 3.8) is 0 Å². The van der Waals surface area contributed by atoms with Crippen LogP contribution in [0.15, 0.2) is 0 Å². The Morgan fingerprint density at radius 3 is 2.57 bits per heavy atom. The van der Waals surface area contributed by atoms with Crippen molar-refractivity contribution in [1.29, 1.82) is 0 Å². The fraction of sp³-hybridized carbons (Fsp3) is 0.833. The van der Waals surface area contributed by atoms with E-state index in [0.29, 0.717) is 0 Å². The van der Waals surface area contributed by atoms with Crippen molar-refractivity contribution in [2.75, 3.05) is 0 Å². The minimum atomic E-state index is 0.952. The van der Waals surface area contributed by atoms with Gasteiger partial charge in [-0.05, 0) is 0 Å². The van der Waals surface area contributed by atoms with Crippen LogP contribution in [0.5, 0.6) is 0 Å². The zero-order valence-electron chi connectivity index (χ0n) is 4.91. The molecule has 0 bridgehead atoms. The summed E-state index contributed by atoms with van der Waals surface area (Å²) in [5.74, 6) is 2.60. The summed E-state index contributed by atoms with van der Waals surface area (Å²) < 4.78 is 0. The summed E-state index contributed by atoms with van der Waals surface area (Å²) >= 11 is 0. The second kappa shape index (κ2) is 5.84. The molecule has 0 saturated heterocycles. The molecule has 38 valence electrons. The molecule has 0 atom stereocenters. The van der Waals surface area contributed by atoms with Crippen molar-refractivity contribution >= 4 is 7.33 Å². The first kappa shape index (κ1) is 6.84. The van der Waals surface area contributed by atoms with Gasteiger partial charge in [0.05, 0.1) is 0 Å². The molecule has 0 aliphatic rings. The Labute approximate surface area is 46.7 Å². The number of hydrogen-bond acceptors (Lipinski definition) is 0. The third kappa shape index (κ3) is 5.84. The van der Waals surface area contributed by atoms with Gasteiger partial charge in [-0.15, -0.1) is 0 Å². The second-order valence-corrected chi connectivity index (χ2v) is 1.66. The third-order valence-corrected chi connectivity index (χ3v) is 0.925. The SMILES string of the molecule is B#CCCCCC. The van der Waals surface area contributed by atoms with Crippen molar-refractivity contribution in [2.45, 2.75) is 32.6 Å². The van der Waals surface area contributed by atoms with E-state index in [-0.39, 0.29) is 0 Å². The molecule has 0 spiro atoms. The van der Waals surface area contributed by atoms with Gasteiger partial charge in [0.2, 0.25) is 0 Å². The van der Waals surface area contributed by atoms with Crippen molar-refractivity contribution in [3.05, 3.63) is 0 Å². The molecule has 0 N–H and O–H groups in total. The molecular formula is C6H11B. The molecule has 0 aromatic rings. The molecule has 0 amide bonds. The van der Waals surface area contributed by atoms with Crippen LogP contribution in [0.3, 0.4) is 0 Å². The maximum atomic E-state index is 5.02. The van der Waals surface area contributed by atoms with E-state index in [1.807, 2.05) is 0 Å². The van der Waals surface area contributed by atoms with E-state index in [2.05, 4.69) is 12.7 Å². The topological polar surface area (TPSA) is 0 Å². The van der Waals surface area contributed by atoms with Crippen LogP contribution in [0.1, 0.15) is 32.6 Å². The van der Waals surface area contributed by atoms with Gasteiger partial charge in [-0.2, -0.15) is 0 Å². The van der Waals surface area contributed by atoms with Crippen molar-refractivity contribution in [1.82, 2.24) is 0 Å². The van der Waals surface area contributed by atoms with Crippen molar-refractivity contribution < 1.29 is 0 Å². The van der Waals surface area contributed by atoms with Crippen LogP contribution in [0, 0.1) is 5.80 Å². The van der Waals surface area contributed by atoms with Gasteiger partial charge in [0.1, 0.15) is 0 Å². The molecule has 0 heterocycles. The Morgan fingerprint density at radius 1 is 1.43 bits per heavy atom. The van der Waals surface area contributed by atoms with E-state index in [1.165, 1.54) is 19.3 Å². The minimum absolute atomic E-state index is 0.952. The Morgan fingerprint density at radius 2 is 2.14 bits per heavy atom. The molecule has 0 aromatic heterocycles.